The van der Waals surface area contributed by atoms with Gasteiger partial charge in [-0.1, -0.05) is 27.7 Å². The number of imide groups is 2. The average Bonchev–Trinajstić information content (AvgIpc) is 3.47. The number of carbonyl (C=O) groups excluding carboxylic acids is 5. The van der Waals surface area contributed by atoms with Crippen LogP contribution in [-0.2, 0) is 9.59 Å². The monoisotopic (exact) mass is 800 g/mol. The van der Waals surface area contributed by atoms with Gasteiger partial charge in [0.25, 0.3) is 17.7 Å². The number of piperazine rings is 1. The number of aryl methyl sites for hydroxylation is 1. The number of hydrogen-bond donors (Lipinski definition) is 2. The average molecular weight is 801 g/mol. The number of rotatable bonds is 9. The van der Waals surface area contributed by atoms with Crippen LogP contribution < -0.4 is 25.2 Å². The largest absolute Gasteiger partial charge is 0.488 e. The Morgan fingerprint density at radius 3 is 2.15 bits per heavy atom. The third kappa shape index (κ3) is 7.41. The Bertz CT molecular complexity index is 2220. The van der Waals surface area contributed by atoms with Gasteiger partial charge < -0.3 is 19.9 Å². The third-order valence-corrected chi connectivity index (χ3v) is 13.3. The number of piperidine rings is 2. The molecule has 1 atom stereocenters. The van der Waals surface area contributed by atoms with Crippen molar-refractivity contribution in [2.75, 3.05) is 55.6 Å². The molecule has 0 bridgehead atoms. The maximum absolute atomic E-state index is 13.5. The van der Waals surface area contributed by atoms with Crippen molar-refractivity contribution < 1.29 is 28.7 Å². The van der Waals surface area contributed by atoms with Crippen molar-refractivity contribution >= 4 is 40.9 Å². The predicted molar refractivity (Wildman–Crippen MR) is 220 cm³/mol. The van der Waals surface area contributed by atoms with Crippen LogP contribution in [0.25, 0.3) is 0 Å². The van der Waals surface area contributed by atoms with Crippen molar-refractivity contribution in [2.24, 2.45) is 16.7 Å². The molecule has 1 aromatic heterocycles. The molecule has 4 aliphatic heterocycles. The van der Waals surface area contributed by atoms with Crippen LogP contribution in [0.3, 0.4) is 0 Å². The van der Waals surface area contributed by atoms with Gasteiger partial charge in [0.1, 0.15) is 29.7 Å². The van der Waals surface area contributed by atoms with Crippen molar-refractivity contribution in [1.29, 1.82) is 5.26 Å². The number of nitriles is 1. The number of pyridine rings is 1. The molecule has 308 valence electrons. The zero-order chi connectivity index (χ0) is 41.8. The molecule has 1 unspecified atom stereocenters. The quantitative estimate of drug-likeness (QED) is 0.296. The Labute approximate surface area is 344 Å². The number of amides is 5. The Morgan fingerprint density at radius 1 is 0.864 bits per heavy atom. The summed E-state index contributed by atoms with van der Waals surface area (Å²) in [5, 5.41) is 14.8. The molecule has 2 N–H and O–H groups in total. The maximum Gasteiger partial charge on any atom is 0.262 e. The van der Waals surface area contributed by atoms with Crippen molar-refractivity contribution in [3.63, 3.8) is 0 Å². The summed E-state index contributed by atoms with van der Waals surface area (Å²) in [7, 11) is 0. The topological polar surface area (TPSA) is 168 Å². The zero-order valence-corrected chi connectivity index (χ0v) is 34.4. The number of nitrogens with one attached hydrogen (secondary N) is 2. The van der Waals surface area contributed by atoms with Crippen LogP contribution in [0.15, 0.2) is 54.7 Å². The van der Waals surface area contributed by atoms with Crippen LogP contribution in [0.2, 0.25) is 0 Å². The molecule has 1 saturated carbocycles. The molecule has 0 radical (unpaired) electrons. The Hall–Kier alpha value is -5.81. The minimum atomic E-state index is -0.974. The van der Waals surface area contributed by atoms with Gasteiger partial charge in [-0.15, -0.1) is 0 Å². The maximum atomic E-state index is 13.5. The van der Waals surface area contributed by atoms with Crippen LogP contribution >= 0.6 is 0 Å². The van der Waals surface area contributed by atoms with E-state index in [1.807, 2.05) is 43.3 Å². The Kier molecular flexibility index (Phi) is 10.4. The molecule has 4 fully saturated rings. The first kappa shape index (κ1) is 40.0. The second-order valence-electron chi connectivity index (χ2n) is 17.9. The summed E-state index contributed by atoms with van der Waals surface area (Å²) in [6.07, 6.45) is 3.82. The highest BCUT2D eigenvalue weighted by Gasteiger charge is 2.64. The fourth-order valence-electron chi connectivity index (χ4n) is 10.3. The highest BCUT2D eigenvalue weighted by atomic mass is 16.5. The minimum Gasteiger partial charge on any atom is -0.488 e. The van der Waals surface area contributed by atoms with E-state index in [-0.39, 0.29) is 41.7 Å². The minimum absolute atomic E-state index is 0.0912. The fraction of sp³-hybridized carbons (Fsp3) is 0.489. The molecule has 14 nitrogen and oxygen atoms in total. The van der Waals surface area contributed by atoms with E-state index in [9.17, 15) is 29.2 Å². The first-order valence-electron chi connectivity index (χ1n) is 20.7. The first-order chi connectivity index (χ1) is 28.1. The van der Waals surface area contributed by atoms with Crippen molar-refractivity contribution in [3.8, 4) is 11.8 Å². The van der Waals surface area contributed by atoms with Crippen LogP contribution in [0.5, 0.6) is 5.75 Å². The number of nitrogens with zero attached hydrogens (tertiary/aromatic N) is 6. The number of ether oxygens (including phenoxy) is 1. The van der Waals surface area contributed by atoms with Gasteiger partial charge in [-0.05, 0) is 86.2 Å². The van der Waals surface area contributed by atoms with Crippen LogP contribution in [0.1, 0.15) is 95.7 Å². The van der Waals surface area contributed by atoms with E-state index < -0.39 is 29.7 Å². The molecule has 5 heterocycles. The molecular formula is C45H52N8O6. The number of benzene rings is 2. The summed E-state index contributed by atoms with van der Waals surface area (Å²) in [6, 6.07) is 16.1. The third-order valence-electron chi connectivity index (χ3n) is 13.3. The molecule has 0 spiro atoms. The zero-order valence-electron chi connectivity index (χ0n) is 34.4. The molecule has 5 aliphatic rings. The number of aromatic nitrogens is 1. The number of fused-ring (bicyclic) bond motifs is 1. The van der Waals surface area contributed by atoms with Gasteiger partial charge in [0, 0.05) is 86.0 Å². The summed E-state index contributed by atoms with van der Waals surface area (Å²) in [5.74, 6) is -0.874. The van der Waals surface area contributed by atoms with Gasteiger partial charge in [-0.3, -0.25) is 39.1 Å². The molecule has 3 saturated heterocycles. The molecule has 14 heteroatoms. The first-order valence-corrected chi connectivity index (χ1v) is 20.7. The van der Waals surface area contributed by atoms with E-state index in [1.54, 1.807) is 18.3 Å². The number of anilines is 2. The summed E-state index contributed by atoms with van der Waals surface area (Å²) < 4.78 is 6.40. The van der Waals surface area contributed by atoms with E-state index in [0.717, 1.165) is 80.5 Å². The van der Waals surface area contributed by atoms with Crippen LogP contribution in [-0.4, -0.2) is 108 Å². The Morgan fingerprint density at radius 2 is 1.51 bits per heavy atom. The molecule has 2 aromatic carbocycles. The van der Waals surface area contributed by atoms with Gasteiger partial charge in [0.05, 0.1) is 17.3 Å². The molecule has 59 heavy (non-hydrogen) atoms. The van der Waals surface area contributed by atoms with Gasteiger partial charge >= 0.3 is 0 Å². The van der Waals surface area contributed by atoms with Gasteiger partial charge in [-0.25, -0.2) is 4.98 Å². The van der Waals surface area contributed by atoms with Crippen molar-refractivity contribution in [2.45, 2.75) is 78.5 Å². The molecule has 5 amide bonds. The number of hydrogen-bond acceptors (Lipinski definition) is 11. The second-order valence-corrected chi connectivity index (χ2v) is 17.9. The molecule has 3 aromatic rings. The van der Waals surface area contributed by atoms with Crippen molar-refractivity contribution in [1.82, 2.24) is 25.4 Å². The lowest BCUT2D eigenvalue weighted by Crippen LogP contribution is -2.74. The Balaban J connectivity index is 0.789. The van der Waals surface area contributed by atoms with E-state index in [2.05, 4.69) is 64.1 Å². The van der Waals surface area contributed by atoms with E-state index in [1.165, 1.54) is 0 Å². The molecule has 8 rings (SSSR count). The van der Waals surface area contributed by atoms with E-state index in [4.69, 9.17) is 4.74 Å². The summed E-state index contributed by atoms with van der Waals surface area (Å²) in [4.78, 5) is 76.4. The lowest BCUT2D eigenvalue weighted by molar-refractivity contribution is -0.164. The molecule has 1 aliphatic carbocycles. The van der Waals surface area contributed by atoms with Gasteiger partial charge in [0.2, 0.25) is 11.8 Å². The lowest BCUT2D eigenvalue weighted by Gasteiger charge is -2.63. The summed E-state index contributed by atoms with van der Waals surface area (Å²) in [6.45, 7) is 16.6. The SMILES string of the molecule is Cc1cc(O[C@H]2C(C)(C)[C@H](NC(=O)c3ccc(N4CCC(CN5CCN(c6ccc7c(c6)C(=O)N(C6CCC(=O)NC6=O)C7=O)CC5)CC4)cc3)C2(C)C)cnc1C#N. The highest BCUT2D eigenvalue weighted by molar-refractivity contribution is 6.23. The summed E-state index contributed by atoms with van der Waals surface area (Å²) >= 11 is 0. The van der Waals surface area contributed by atoms with Gasteiger partial charge in [-0.2, -0.15) is 5.26 Å². The van der Waals surface area contributed by atoms with E-state index in [0.29, 0.717) is 34.1 Å². The molecular weight excluding hydrogens is 749 g/mol. The van der Waals surface area contributed by atoms with E-state index >= 15 is 0 Å². The van der Waals surface area contributed by atoms with Gasteiger partial charge in [0.15, 0.2) is 0 Å². The van der Waals surface area contributed by atoms with Crippen LogP contribution in [0.4, 0.5) is 11.4 Å². The lowest BCUT2D eigenvalue weighted by atomic mass is 9.49. The predicted octanol–water partition coefficient (Wildman–Crippen LogP) is 4.31. The summed E-state index contributed by atoms with van der Waals surface area (Å²) in [5.41, 5.74) is 3.71. The smallest absolute Gasteiger partial charge is 0.262 e. The highest BCUT2D eigenvalue weighted by Crippen LogP contribution is 2.55. The normalized spacial score (nSPS) is 24.3. The number of carbonyl (C=O) groups is 5. The van der Waals surface area contributed by atoms with Crippen molar-refractivity contribution in [3.05, 3.63) is 82.7 Å². The fourth-order valence-corrected chi connectivity index (χ4v) is 10.3. The standard InChI is InChI=1S/C45H52N8O6/c1-27-22-32(25-47-35(27)24-46)59-43-44(2,3)42(45(43,4)5)49-38(55)29-6-8-30(9-7-29)51-16-14-28(15-17-51)26-50-18-20-52(21-19-50)31-10-11-33-34(23-31)41(58)53(40(33)57)36-12-13-37(54)48-39(36)56/h6-11,22-23,25,28,36,42-43H,12-21,26H2,1-5H3,(H,49,55)(H,48,54,56)/t36?,42-,43-. The van der Waals surface area contributed by atoms with Crippen LogP contribution in [0, 0.1) is 35.0 Å². The second kappa shape index (κ2) is 15.4.